The summed E-state index contributed by atoms with van der Waals surface area (Å²) in [7, 11) is 0. The van der Waals surface area contributed by atoms with E-state index in [-0.39, 0.29) is 23.3 Å². The molecule has 1 aromatic heterocycles. The van der Waals surface area contributed by atoms with Gasteiger partial charge in [-0.2, -0.15) is 0 Å². The third kappa shape index (κ3) is 3.36. The monoisotopic (exact) mass is 340 g/mol. The van der Waals surface area contributed by atoms with Gasteiger partial charge in [-0.15, -0.1) is 0 Å². The molecule has 120 valence electrons. The van der Waals surface area contributed by atoms with E-state index in [1.54, 1.807) is 42.7 Å². The number of aromatic nitrogens is 1. The van der Waals surface area contributed by atoms with Crippen molar-refractivity contribution in [3.63, 3.8) is 0 Å². The zero-order valence-electron chi connectivity index (χ0n) is 12.4. The van der Waals surface area contributed by atoms with Gasteiger partial charge in [0.05, 0.1) is 17.0 Å². The summed E-state index contributed by atoms with van der Waals surface area (Å²) in [6, 6.07) is 9.63. The van der Waals surface area contributed by atoms with Crippen LogP contribution in [0, 0.1) is 0 Å². The Labute approximate surface area is 141 Å². The standard InChI is InChI=1S/C17H12N2O4S/c20-15-14(8-12-2-1-7-18-9-12)24-17(23)19(15)10-11-3-5-13(6-4-11)16(21)22/h1-9H,10H2,(H,21,22)/b14-8-. The predicted octanol–water partition coefficient (Wildman–Crippen LogP) is 3.02. The number of carboxylic acid groups (broad SMARTS) is 1. The van der Waals surface area contributed by atoms with Crippen LogP contribution in [0.4, 0.5) is 4.79 Å². The first-order chi connectivity index (χ1) is 11.5. The molecule has 6 nitrogen and oxygen atoms in total. The van der Waals surface area contributed by atoms with Gasteiger partial charge in [-0.25, -0.2) is 4.79 Å². The molecule has 1 saturated heterocycles. The molecule has 0 spiro atoms. The fourth-order valence-corrected chi connectivity index (χ4v) is 3.02. The number of nitrogens with zero attached hydrogens (tertiary/aromatic N) is 2. The summed E-state index contributed by atoms with van der Waals surface area (Å²) in [5.41, 5.74) is 1.59. The number of benzene rings is 1. The molecule has 0 bridgehead atoms. The van der Waals surface area contributed by atoms with E-state index in [1.807, 2.05) is 0 Å². The molecule has 0 radical (unpaired) electrons. The Morgan fingerprint density at radius 2 is 1.96 bits per heavy atom. The van der Waals surface area contributed by atoms with Crippen LogP contribution in [-0.2, 0) is 11.3 Å². The van der Waals surface area contributed by atoms with Crippen molar-refractivity contribution in [3.05, 3.63) is 70.4 Å². The Hall–Kier alpha value is -2.93. The van der Waals surface area contributed by atoms with E-state index >= 15 is 0 Å². The maximum Gasteiger partial charge on any atom is 0.335 e. The maximum absolute atomic E-state index is 12.4. The lowest BCUT2D eigenvalue weighted by atomic mass is 10.1. The zero-order chi connectivity index (χ0) is 17.1. The minimum absolute atomic E-state index is 0.106. The maximum atomic E-state index is 12.4. The average molecular weight is 340 g/mol. The van der Waals surface area contributed by atoms with Crippen molar-refractivity contribution in [1.82, 2.24) is 9.88 Å². The van der Waals surface area contributed by atoms with Crippen LogP contribution >= 0.6 is 11.8 Å². The number of carbonyl (C=O) groups is 3. The fraction of sp³-hybridized carbons (Fsp3) is 0.0588. The number of aromatic carboxylic acids is 1. The lowest BCUT2D eigenvalue weighted by molar-refractivity contribution is -0.123. The molecule has 0 aliphatic carbocycles. The first kappa shape index (κ1) is 15.9. The first-order valence-electron chi connectivity index (χ1n) is 7.02. The Morgan fingerprint density at radius 1 is 1.21 bits per heavy atom. The summed E-state index contributed by atoms with van der Waals surface area (Å²) in [6.07, 6.45) is 4.87. The third-order valence-electron chi connectivity index (χ3n) is 3.40. The van der Waals surface area contributed by atoms with Gasteiger partial charge in [0.1, 0.15) is 0 Å². The van der Waals surface area contributed by atoms with Gasteiger partial charge >= 0.3 is 5.97 Å². The van der Waals surface area contributed by atoms with Crippen LogP contribution < -0.4 is 0 Å². The van der Waals surface area contributed by atoms with Gasteiger partial charge in [-0.1, -0.05) is 18.2 Å². The van der Waals surface area contributed by atoms with Crippen LogP contribution in [0.25, 0.3) is 6.08 Å². The van der Waals surface area contributed by atoms with Crippen LogP contribution in [0.15, 0.2) is 53.7 Å². The van der Waals surface area contributed by atoms with Crippen molar-refractivity contribution in [3.8, 4) is 0 Å². The highest BCUT2D eigenvalue weighted by molar-refractivity contribution is 8.18. The highest BCUT2D eigenvalue weighted by atomic mass is 32.2. The van der Waals surface area contributed by atoms with Crippen molar-refractivity contribution in [1.29, 1.82) is 0 Å². The van der Waals surface area contributed by atoms with Crippen LogP contribution in [0.3, 0.4) is 0 Å². The zero-order valence-corrected chi connectivity index (χ0v) is 13.2. The normalized spacial score (nSPS) is 16.0. The van der Waals surface area contributed by atoms with Crippen LogP contribution in [0.2, 0.25) is 0 Å². The van der Waals surface area contributed by atoms with Crippen LogP contribution in [-0.4, -0.2) is 32.1 Å². The van der Waals surface area contributed by atoms with Crippen molar-refractivity contribution < 1.29 is 19.5 Å². The molecule has 0 saturated carbocycles. The van der Waals surface area contributed by atoms with E-state index in [1.165, 1.54) is 12.1 Å². The topological polar surface area (TPSA) is 87.6 Å². The van der Waals surface area contributed by atoms with E-state index in [2.05, 4.69) is 4.98 Å². The number of imide groups is 1. The Bertz CT molecular complexity index is 831. The van der Waals surface area contributed by atoms with E-state index in [9.17, 15) is 14.4 Å². The molecule has 2 aromatic rings. The average Bonchev–Trinajstić information content (AvgIpc) is 2.84. The summed E-state index contributed by atoms with van der Waals surface area (Å²) >= 11 is 0.881. The van der Waals surface area contributed by atoms with Crippen LogP contribution in [0.5, 0.6) is 0 Å². The van der Waals surface area contributed by atoms with E-state index in [4.69, 9.17) is 5.11 Å². The lowest BCUT2D eigenvalue weighted by Crippen LogP contribution is -2.27. The molecule has 1 fully saturated rings. The molecule has 0 atom stereocenters. The van der Waals surface area contributed by atoms with Crippen LogP contribution in [0.1, 0.15) is 21.5 Å². The molecular formula is C17H12N2O4S. The van der Waals surface area contributed by atoms with Crippen molar-refractivity contribution >= 4 is 35.0 Å². The molecule has 1 N–H and O–H groups in total. The second-order valence-corrected chi connectivity index (χ2v) is 6.05. The second-order valence-electron chi connectivity index (χ2n) is 5.06. The summed E-state index contributed by atoms with van der Waals surface area (Å²) < 4.78 is 0. The van der Waals surface area contributed by atoms with Gasteiger partial charge in [0.2, 0.25) is 0 Å². The highest BCUT2D eigenvalue weighted by Gasteiger charge is 2.34. The molecule has 1 aliphatic rings. The summed E-state index contributed by atoms with van der Waals surface area (Å²) in [6.45, 7) is 0.106. The van der Waals surface area contributed by atoms with Gasteiger partial charge in [0, 0.05) is 12.4 Å². The van der Waals surface area contributed by atoms with E-state index in [0.29, 0.717) is 10.5 Å². The summed E-state index contributed by atoms with van der Waals surface area (Å²) in [5.74, 6) is -1.39. The number of hydrogen-bond acceptors (Lipinski definition) is 5. The molecule has 3 rings (SSSR count). The number of pyridine rings is 1. The van der Waals surface area contributed by atoms with Gasteiger partial charge in [-0.3, -0.25) is 19.5 Å². The Morgan fingerprint density at radius 3 is 2.58 bits per heavy atom. The Kier molecular flexibility index (Phi) is 4.43. The second kappa shape index (κ2) is 6.67. The van der Waals surface area contributed by atoms with Crippen molar-refractivity contribution in [2.45, 2.75) is 6.54 Å². The minimum atomic E-state index is -1.02. The molecule has 1 aromatic carbocycles. The van der Waals surface area contributed by atoms with Gasteiger partial charge in [0.25, 0.3) is 11.1 Å². The molecule has 1 aliphatic heterocycles. The highest BCUT2D eigenvalue weighted by Crippen LogP contribution is 2.33. The predicted molar refractivity (Wildman–Crippen MR) is 89.2 cm³/mol. The molecule has 2 amide bonds. The molecular weight excluding hydrogens is 328 g/mol. The van der Waals surface area contributed by atoms with Gasteiger partial charge < -0.3 is 5.11 Å². The molecule has 0 unspecified atom stereocenters. The Balaban J connectivity index is 1.77. The molecule has 7 heteroatoms. The van der Waals surface area contributed by atoms with Crippen molar-refractivity contribution in [2.75, 3.05) is 0 Å². The number of hydrogen-bond donors (Lipinski definition) is 1. The number of thioether (sulfide) groups is 1. The summed E-state index contributed by atoms with van der Waals surface area (Å²) in [5, 5.41) is 8.53. The number of rotatable bonds is 4. The quantitative estimate of drug-likeness (QED) is 0.861. The number of amides is 2. The largest absolute Gasteiger partial charge is 0.478 e. The van der Waals surface area contributed by atoms with Crippen molar-refractivity contribution in [2.24, 2.45) is 0 Å². The van der Waals surface area contributed by atoms with E-state index in [0.717, 1.165) is 22.2 Å². The lowest BCUT2D eigenvalue weighted by Gasteiger charge is -2.12. The van der Waals surface area contributed by atoms with Gasteiger partial charge in [0.15, 0.2) is 0 Å². The number of carbonyl (C=O) groups excluding carboxylic acids is 2. The molecule has 24 heavy (non-hydrogen) atoms. The SMILES string of the molecule is O=C(O)c1ccc(CN2C(=O)S/C(=C\c3cccnc3)C2=O)cc1. The van der Waals surface area contributed by atoms with Gasteiger partial charge in [-0.05, 0) is 47.2 Å². The third-order valence-corrected chi connectivity index (χ3v) is 4.30. The summed E-state index contributed by atoms with van der Waals surface area (Å²) in [4.78, 5) is 40.8. The minimum Gasteiger partial charge on any atom is -0.478 e. The van der Waals surface area contributed by atoms with E-state index < -0.39 is 5.97 Å². The first-order valence-corrected chi connectivity index (χ1v) is 7.84. The smallest absolute Gasteiger partial charge is 0.335 e. The fourth-order valence-electron chi connectivity index (χ4n) is 2.18. The number of carboxylic acids is 1. The molecule has 2 heterocycles.